The van der Waals surface area contributed by atoms with Crippen molar-refractivity contribution < 1.29 is 14.3 Å². The molecule has 110 valence electrons. The molecule has 2 heterocycles. The molecule has 1 aliphatic rings. The molecular weight excluding hydrogens is 268 g/mol. The lowest BCUT2D eigenvalue weighted by atomic mass is 9.90. The standard InChI is InChI=1S/C16H18N2O3/c1-16(15(19)20)7-8-18(11-16)9-13-10-21-14(17-13)12-5-3-2-4-6-12/h2-6,10H,7-9,11H2,1H3,(H,19,20)/t16-/m0/s1. The van der Waals surface area contributed by atoms with Crippen LogP contribution in [-0.2, 0) is 11.3 Å². The number of oxazole rings is 1. The van der Waals surface area contributed by atoms with E-state index in [1.807, 2.05) is 30.3 Å². The van der Waals surface area contributed by atoms with E-state index in [0.717, 1.165) is 17.8 Å². The van der Waals surface area contributed by atoms with Crippen molar-refractivity contribution in [2.24, 2.45) is 5.41 Å². The van der Waals surface area contributed by atoms with Crippen molar-refractivity contribution in [1.82, 2.24) is 9.88 Å². The van der Waals surface area contributed by atoms with Crippen molar-refractivity contribution in [3.05, 3.63) is 42.3 Å². The number of carbonyl (C=O) groups is 1. The highest BCUT2D eigenvalue weighted by atomic mass is 16.4. The molecule has 3 rings (SSSR count). The second kappa shape index (κ2) is 5.33. The lowest BCUT2D eigenvalue weighted by Gasteiger charge is -2.19. The largest absolute Gasteiger partial charge is 0.481 e. The van der Waals surface area contributed by atoms with E-state index < -0.39 is 11.4 Å². The van der Waals surface area contributed by atoms with Gasteiger partial charge in [0, 0.05) is 18.7 Å². The van der Waals surface area contributed by atoms with Crippen molar-refractivity contribution in [2.45, 2.75) is 19.9 Å². The minimum absolute atomic E-state index is 0.551. The maximum atomic E-state index is 11.2. The van der Waals surface area contributed by atoms with Crippen LogP contribution in [-0.4, -0.2) is 34.0 Å². The molecule has 0 aliphatic carbocycles. The Balaban J connectivity index is 1.68. The first kappa shape index (κ1) is 13.8. The Morgan fingerprint density at radius 2 is 2.19 bits per heavy atom. The first-order valence-corrected chi connectivity index (χ1v) is 7.02. The van der Waals surface area contributed by atoms with Crippen LogP contribution in [0.1, 0.15) is 19.0 Å². The van der Waals surface area contributed by atoms with Crippen molar-refractivity contribution >= 4 is 5.97 Å². The molecule has 1 aromatic heterocycles. The Morgan fingerprint density at radius 1 is 1.43 bits per heavy atom. The van der Waals surface area contributed by atoms with E-state index in [9.17, 15) is 9.90 Å². The van der Waals surface area contributed by atoms with Gasteiger partial charge in [0.25, 0.3) is 0 Å². The Hall–Kier alpha value is -2.14. The van der Waals surface area contributed by atoms with Gasteiger partial charge in [0.2, 0.25) is 5.89 Å². The van der Waals surface area contributed by atoms with Gasteiger partial charge >= 0.3 is 5.97 Å². The van der Waals surface area contributed by atoms with Gasteiger partial charge in [0.15, 0.2) is 0 Å². The molecule has 0 amide bonds. The molecule has 0 spiro atoms. The van der Waals surface area contributed by atoms with Gasteiger partial charge in [-0.15, -0.1) is 0 Å². The SMILES string of the molecule is C[C@]1(C(=O)O)CCN(Cc2coc(-c3ccccc3)n2)C1. The summed E-state index contributed by atoms with van der Waals surface area (Å²) in [5, 5.41) is 9.25. The molecule has 21 heavy (non-hydrogen) atoms. The van der Waals surface area contributed by atoms with Crippen LogP contribution < -0.4 is 0 Å². The molecule has 1 N–H and O–H groups in total. The van der Waals surface area contributed by atoms with Gasteiger partial charge in [0.1, 0.15) is 6.26 Å². The minimum atomic E-state index is -0.727. The number of carboxylic acid groups (broad SMARTS) is 1. The third kappa shape index (κ3) is 2.83. The number of benzene rings is 1. The van der Waals surface area contributed by atoms with Gasteiger partial charge in [-0.1, -0.05) is 18.2 Å². The van der Waals surface area contributed by atoms with E-state index in [1.54, 1.807) is 13.2 Å². The number of hydrogen-bond donors (Lipinski definition) is 1. The summed E-state index contributed by atoms with van der Waals surface area (Å²) in [6.07, 6.45) is 2.32. The lowest BCUT2D eigenvalue weighted by Crippen LogP contribution is -2.31. The van der Waals surface area contributed by atoms with E-state index in [4.69, 9.17) is 4.42 Å². The normalized spacial score (nSPS) is 22.5. The Kier molecular flexibility index (Phi) is 3.51. The van der Waals surface area contributed by atoms with Crippen molar-refractivity contribution in [3.63, 3.8) is 0 Å². The summed E-state index contributed by atoms with van der Waals surface area (Å²) in [6.45, 7) is 3.75. The summed E-state index contributed by atoms with van der Waals surface area (Å²) in [5.41, 5.74) is 1.13. The molecule has 1 aromatic carbocycles. The zero-order chi connectivity index (χ0) is 14.9. The second-order valence-electron chi connectivity index (χ2n) is 5.84. The molecule has 5 heteroatoms. The summed E-state index contributed by atoms with van der Waals surface area (Å²) in [4.78, 5) is 17.8. The first-order chi connectivity index (χ1) is 10.1. The fourth-order valence-corrected chi connectivity index (χ4v) is 2.69. The van der Waals surface area contributed by atoms with Gasteiger partial charge < -0.3 is 9.52 Å². The van der Waals surface area contributed by atoms with Gasteiger partial charge in [0.05, 0.1) is 11.1 Å². The minimum Gasteiger partial charge on any atom is -0.481 e. The molecule has 2 aromatic rings. The summed E-state index contributed by atoms with van der Waals surface area (Å²) in [7, 11) is 0. The highest BCUT2D eigenvalue weighted by Crippen LogP contribution is 2.31. The molecule has 5 nitrogen and oxygen atoms in total. The van der Waals surface area contributed by atoms with Crippen molar-refractivity contribution in [2.75, 3.05) is 13.1 Å². The van der Waals surface area contributed by atoms with Crippen LogP contribution in [0.4, 0.5) is 0 Å². The topological polar surface area (TPSA) is 66.6 Å². The summed E-state index contributed by atoms with van der Waals surface area (Å²) >= 11 is 0. The Labute approximate surface area is 123 Å². The third-order valence-corrected chi connectivity index (χ3v) is 4.03. The number of likely N-dealkylation sites (tertiary alicyclic amines) is 1. The lowest BCUT2D eigenvalue weighted by molar-refractivity contribution is -0.147. The summed E-state index contributed by atoms with van der Waals surface area (Å²) in [5.74, 6) is -0.124. The summed E-state index contributed by atoms with van der Waals surface area (Å²) < 4.78 is 5.51. The zero-order valence-corrected chi connectivity index (χ0v) is 12.0. The highest BCUT2D eigenvalue weighted by molar-refractivity contribution is 5.74. The zero-order valence-electron chi connectivity index (χ0n) is 12.0. The Morgan fingerprint density at radius 3 is 2.86 bits per heavy atom. The van der Waals surface area contributed by atoms with Crippen LogP contribution in [0, 0.1) is 5.41 Å². The number of aliphatic carboxylic acids is 1. The van der Waals surface area contributed by atoms with E-state index in [0.29, 0.717) is 25.4 Å². The van der Waals surface area contributed by atoms with Gasteiger partial charge in [-0.3, -0.25) is 9.69 Å². The fourth-order valence-electron chi connectivity index (χ4n) is 2.69. The molecule has 0 radical (unpaired) electrons. The van der Waals surface area contributed by atoms with Crippen LogP contribution in [0.2, 0.25) is 0 Å². The number of carboxylic acids is 1. The molecule has 0 unspecified atom stereocenters. The molecular formula is C16H18N2O3. The van der Waals surface area contributed by atoms with Crippen molar-refractivity contribution in [3.8, 4) is 11.5 Å². The number of nitrogens with zero attached hydrogens (tertiary/aromatic N) is 2. The monoisotopic (exact) mass is 286 g/mol. The Bertz CT molecular complexity index is 638. The van der Waals surface area contributed by atoms with E-state index in [-0.39, 0.29) is 0 Å². The van der Waals surface area contributed by atoms with E-state index in [2.05, 4.69) is 9.88 Å². The van der Waals surface area contributed by atoms with Crippen LogP contribution >= 0.6 is 0 Å². The van der Waals surface area contributed by atoms with Crippen LogP contribution in [0.3, 0.4) is 0 Å². The molecule has 0 bridgehead atoms. The van der Waals surface area contributed by atoms with Gasteiger partial charge in [-0.25, -0.2) is 4.98 Å². The van der Waals surface area contributed by atoms with Gasteiger partial charge in [-0.05, 0) is 32.0 Å². The molecule has 1 aliphatic heterocycles. The smallest absolute Gasteiger partial charge is 0.310 e. The first-order valence-electron chi connectivity index (χ1n) is 7.02. The van der Waals surface area contributed by atoms with Crippen LogP contribution in [0.25, 0.3) is 11.5 Å². The summed E-state index contributed by atoms with van der Waals surface area (Å²) in [6, 6.07) is 9.74. The van der Waals surface area contributed by atoms with E-state index >= 15 is 0 Å². The second-order valence-corrected chi connectivity index (χ2v) is 5.84. The maximum Gasteiger partial charge on any atom is 0.310 e. The van der Waals surface area contributed by atoms with Crippen LogP contribution in [0.5, 0.6) is 0 Å². The molecule has 1 fully saturated rings. The predicted octanol–water partition coefficient (Wildman–Crippen LogP) is 2.64. The fraction of sp³-hybridized carbons (Fsp3) is 0.375. The number of hydrogen-bond acceptors (Lipinski definition) is 4. The average Bonchev–Trinajstić information content (AvgIpc) is 3.08. The quantitative estimate of drug-likeness (QED) is 0.936. The molecule has 0 saturated carbocycles. The maximum absolute atomic E-state index is 11.2. The number of aromatic nitrogens is 1. The molecule has 1 atom stereocenters. The average molecular weight is 286 g/mol. The van der Waals surface area contributed by atoms with Crippen LogP contribution in [0.15, 0.2) is 41.0 Å². The third-order valence-electron chi connectivity index (χ3n) is 4.03. The predicted molar refractivity (Wildman–Crippen MR) is 77.6 cm³/mol. The molecule has 1 saturated heterocycles. The van der Waals surface area contributed by atoms with E-state index in [1.165, 1.54) is 0 Å². The van der Waals surface area contributed by atoms with Crippen molar-refractivity contribution in [1.29, 1.82) is 0 Å². The highest BCUT2D eigenvalue weighted by Gasteiger charge is 2.40. The van der Waals surface area contributed by atoms with Gasteiger partial charge in [-0.2, -0.15) is 0 Å². The number of rotatable bonds is 4.